The number of nitrogens with one attached hydrogen (secondary N) is 1. The Labute approximate surface area is 130 Å². The number of halogens is 1. The molecule has 0 saturated carbocycles. The van der Waals surface area contributed by atoms with E-state index in [-0.39, 0.29) is 6.42 Å². The minimum atomic E-state index is -0.809. The van der Waals surface area contributed by atoms with Crippen molar-refractivity contribution in [3.05, 3.63) is 53.2 Å². The number of rotatable bonds is 5. The fourth-order valence-electron chi connectivity index (χ4n) is 1.88. The highest BCUT2D eigenvalue weighted by Crippen LogP contribution is 2.14. The highest BCUT2D eigenvalue weighted by Gasteiger charge is 2.19. The van der Waals surface area contributed by atoms with Crippen LogP contribution in [0.25, 0.3) is 10.9 Å². The van der Waals surface area contributed by atoms with Crippen molar-refractivity contribution in [1.82, 2.24) is 10.3 Å². The SMILES string of the molecule is C=C(Br)C[C@@H](NC(=O)c1cnc2ccccc2c1)C(N)=O. The Morgan fingerprint density at radius 3 is 2.76 bits per heavy atom. The number of para-hydroxylation sites is 1. The number of hydrogen-bond acceptors (Lipinski definition) is 3. The normalized spacial score (nSPS) is 11.9. The molecule has 2 aromatic rings. The smallest absolute Gasteiger partial charge is 0.253 e. The van der Waals surface area contributed by atoms with Crippen LogP contribution in [0, 0.1) is 0 Å². The third-order valence-electron chi connectivity index (χ3n) is 2.93. The topological polar surface area (TPSA) is 85.1 Å². The van der Waals surface area contributed by atoms with Crippen molar-refractivity contribution in [1.29, 1.82) is 0 Å². The van der Waals surface area contributed by atoms with E-state index in [4.69, 9.17) is 5.73 Å². The van der Waals surface area contributed by atoms with Gasteiger partial charge in [-0.15, -0.1) is 0 Å². The Balaban J connectivity index is 2.20. The van der Waals surface area contributed by atoms with E-state index in [9.17, 15) is 9.59 Å². The van der Waals surface area contributed by atoms with Gasteiger partial charge in [-0.05, 0) is 16.6 Å². The summed E-state index contributed by atoms with van der Waals surface area (Å²) < 4.78 is 0.586. The lowest BCUT2D eigenvalue weighted by molar-refractivity contribution is -0.119. The Bertz CT molecular complexity index is 715. The van der Waals surface area contributed by atoms with Crippen LogP contribution in [0.2, 0.25) is 0 Å². The van der Waals surface area contributed by atoms with Crippen molar-refractivity contribution in [2.24, 2.45) is 5.73 Å². The molecular formula is C15H14BrN3O2. The zero-order valence-electron chi connectivity index (χ0n) is 11.2. The Morgan fingerprint density at radius 1 is 1.38 bits per heavy atom. The lowest BCUT2D eigenvalue weighted by atomic mass is 10.1. The monoisotopic (exact) mass is 347 g/mol. The van der Waals surface area contributed by atoms with E-state index in [0.29, 0.717) is 10.0 Å². The van der Waals surface area contributed by atoms with Gasteiger partial charge in [0.1, 0.15) is 6.04 Å². The number of amides is 2. The van der Waals surface area contributed by atoms with Crippen LogP contribution in [0.1, 0.15) is 16.8 Å². The van der Waals surface area contributed by atoms with E-state index in [2.05, 4.69) is 32.8 Å². The molecule has 1 aromatic heterocycles. The molecule has 2 rings (SSSR count). The van der Waals surface area contributed by atoms with Crippen LogP contribution >= 0.6 is 15.9 Å². The molecular weight excluding hydrogens is 334 g/mol. The number of nitrogens with two attached hydrogens (primary N) is 1. The second-order valence-corrected chi connectivity index (χ2v) is 5.69. The maximum Gasteiger partial charge on any atom is 0.253 e. The van der Waals surface area contributed by atoms with Gasteiger partial charge in [0.15, 0.2) is 0 Å². The predicted octanol–water partition coefficient (Wildman–Crippen LogP) is 2.12. The van der Waals surface area contributed by atoms with Gasteiger partial charge in [-0.1, -0.05) is 40.7 Å². The molecule has 0 saturated heterocycles. The number of primary amides is 1. The average Bonchev–Trinajstić information content (AvgIpc) is 2.45. The molecule has 2 amide bonds. The van der Waals surface area contributed by atoms with Crippen molar-refractivity contribution in [3.63, 3.8) is 0 Å². The summed E-state index contributed by atoms with van der Waals surface area (Å²) in [5, 5.41) is 3.44. The first-order chi connectivity index (χ1) is 9.97. The second kappa shape index (κ2) is 6.49. The van der Waals surface area contributed by atoms with Crippen molar-refractivity contribution < 1.29 is 9.59 Å². The highest BCUT2D eigenvalue weighted by atomic mass is 79.9. The number of carbonyl (C=O) groups excluding carboxylic acids is 2. The van der Waals surface area contributed by atoms with E-state index >= 15 is 0 Å². The molecule has 0 fully saturated rings. The number of benzene rings is 1. The van der Waals surface area contributed by atoms with Crippen LogP contribution in [0.4, 0.5) is 0 Å². The molecule has 0 unspecified atom stereocenters. The van der Waals surface area contributed by atoms with E-state index in [1.807, 2.05) is 24.3 Å². The lowest BCUT2D eigenvalue weighted by Gasteiger charge is -2.14. The van der Waals surface area contributed by atoms with Crippen molar-refractivity contribution in [2.45, 2.75) is 12.5 Å². The molecule has 1 heterocycles. The molecule has 5 nitrogen and oxygen atoms in total. The largest absolute Gasteiger partial charge is 0.368 e. The number of fused-ring (bicyclic) bond motifs is 1. The lowest BCUT2D eigenvalue weighted by Crippen LogP contribution is -2.44. The van der Waals surface area contributed by atoms with Gasteiger partial charge in [0.05, 0.1) is 11.1 Å². The molecule has 3 N–H and O–H groups in total. The fraction of sp³-hybridized carbons (Fsp3) is 0.133. The Hall–Kier alpha value is -2.21. The standard InChI is InChI=1S/C15H14BrN3O2/c1-9(16)6-13(14(17)20)19-15(21)11-7-10-4-2-3-5-12(10)18-8-11/h2-5,7-8,13H,1,6H2,(H2,17,20)(H,19,21)/t13-/m1/s1. The minimum absolute atomic E-state index is 0.238. The van der Waals surface area contributed by atoms with E-state index in [0.717, 1.165) is 10.9 Å². The van der Waals surface area contributed by atoms with Gasteiger partial charge < -0.3 is 11.1 Å². The van der Waals surface area contributed by atoms with Gasteiger partial charge in [0.2, 0.25) is 5.91 Å². The summed E-state index contributed by atoms with van der Waals surface area (Å²) in [5.41, 5.74) is 6.45. The molecule has 0 radical (unpaired) electrons. The van der Waals surface area contributed by atoms with Crippen LogP contribution in [0.5, 0.6) is 0 Å². The van der Waals surface area contributed by atoms with Gasteiger partial charge in [-0.3, -0.25) is 14.6 Å². The molecule has 6 heteroatoms. The summed E-state index contributed by atoms with van der Waals surface area (Å²) in [6.07, 6.45) is 1.71. The third-order valence-corrected chi connectivity index (χ3v) is 3.25. The number of hydrogen-bond donors (Lipinski definition) is 2. The molecule has 0 aliphatic rings. The third kappa shape index (κ3) is 3.88. The summed E-state index contributed by atoms with van der Waals surface area (Å²) in [6.45, 7) is 3.64. The van der Waals surface area contributed by atoms with Crippen LogP contribution in [0.3, 0.4) is 0 Å². The van der Waals surface area contributed by atoms with Gasteiger partial charge in [0.25, 0.3) is 5.91 Å². The Morgan fingerprint density at radius 2 is 2.10 bits per heavy atom. The molecule has 0 aliphatic heterocycles. The number of pyridine rings is 1. The summed E-state index contributed by atoms with van der Waals surface area (Å²) in [4.78, 5) is 27.7. The maximum atomic E-state index is 12.2. The van der Waals surface area contributed by atoms with Gasteiger partial charge in [-0.2, -0.15) is 0 Å². The maximum absolute atomic E-state index is 12.2. The van der Waals surface area contributed by atoms with E-state index in [1.165, 1.54) is 6.20 Å². The van der Waals surface area contributed by atoms with E-state index < -0.39 is 17.9 Å². The van der Waals surface area contributed by atoms with Crippen molar-refractivity contribution in [2.75, 3.05) is 0 Å². The number of aromatic nitrogens is 1. The van der Waals surface area contributed by atoms with Crippen LogP contribution in [-0.2, 0) is 4.79 Å². The quantitative estimate of drug-likeness (QED) is 0.868. The first-order valence-electron chi connectivity index (χ1n) is 6.25. The van der Waals surface area contributed by atoms with Crippen molar-refractivity contribution >= 4 is 38.6 Å². The molecule has 21 heavy (non-hydrogen) atoms. The molecule has 1 atom stereocenters. The first kappa shape index (κ1) is 15.2. The van der Waals surface area contributed by atoms with Crippen LogP contribution < -0.4 is 11.1 Å². The van der Waals surface area contributed by atoms with Crippen LogP contribution in [0.15, 0.2) is 47.6 Å². The summed E-state index contributed by atoms with van der Waals surface area (Å²) >= 11 is 3.16. The van der Waals surface area contributed by atoms with Gasteiger partial charge >= 0.3 is 0 Å². The Kier molecular flexibility index (Phi) is 4.70. The van der Waals surface area contributed by atoms with Gasteiger partial charge in [-0.25, -0.2) is 0 Å². The molecule has 1 aromatic carbocycles. The predicted molar refractivity (Wildman–Crippen MR) is 84.9 cm³/mol. The summed E-state index contributed by atoms with van der Waals surface area (Å²) in [5.74, 6) is -1.01. The van der Waals surface area contributed by atoms with Gasteiger partial charge in [0, 0.05) is 18.0 Å². The highest BCUT2D eigenvalue weighted by molar-refractivity contribution is 9.11. The average molecular weight is 348 g/mol. The van der Waals surface area contributed by atoms with Crippen LogP contribution in [-0.4, -0.2) is 22.8 Å². The summed E-state index contributed by atoms with van der Waals surface area (Å²) in [7, 11) is 0. The number of carbonyl (C=O) groups is 2. The molecule has 108 valence electrons. The minimum Gasteiger partial charge on any atom is -0.368 e. The second-order valence-electron chi connectivity index (χ2n) is 4.57. The molecule has 0 aliphatic carbocycles. The first-order valence-corrected chi connectivity index (χ1v) is 7.05. The van der Waals surface area contributed by atoms with Crippen molar-refractivity contribution in [3.8, 4) is 0 Å². The zero-order valence-corrected chi connectivity index (χ0v) is 12.8. The number of nitrogens with zero attached hydrogens (tertiary/aromatic N) is 1. The molecule has 0 spiro atoms. The van der Waals surface area contributed by atoms with E-state index in [1.54, 1.807) is 6.07 Å². The molecule has 0 bridgehead atoms. The fourth-order valence-corrected chi connectivity index (χ4v) is 2.20. The zero-order chi connectivity index (χ0) is 15.4. The summed E-state index contributed by atoms with van der Waals surface area (Å²) in [6, 6.07) is 8.38.